The fourth-order valence-electron chi connectivity index (χ4n) is 1.21. The molecular weight excluding hydrogens is 208 g/mol. The van der Waals surface area contributed by atoms with E-state index in [0.29, 0.717) is 19.8 Å². The van der Waals surface area contributed by atoms with Crippen molar-refractivity contribution in [3.8, 4) is 0 Å². The number of aliphatic hydroxyl groups excluding tert-OH is 2. The maximum atomic E-state index is 8.93. The van der Waals surface area contributed by atoms with Crippen molar-refractivity contribution in [1.82, 2.24) is 0 Å². The molecule has 0 aromatic rings. The van der Waals surface area contributed by atoms with Gasteiger partial charge in [0.2, 0.25) is 0 Å². The molecule has 4 heteroatoms. The van der Waals surface area contributed by atoms with Gasteiger partial charge < -0.3 is 19.7 Å². The second kappa shape index (κ2) is 10.9. The Hall–Kier alpha value is -0.580. The summed E-state index contributed by atoms with van der Waals surface area (Å²) in [5.74, 6) is 0.0755. The Morgan fingerprint density at radius 2 is 1.69 bits per heavy atom. The van der Waals surface area contributed by atoms with Crippen molar-refractivity contribution in [3.05, 3.63) is 12.3 Å². The third kappa shape index (κ3) is 13.4. The molecule has 0 aliphatic carbocycles. The third-order valence-corrected chi connectivity index (χ3v) is 1.96. The highest BCUT2D eigenvalue weighted by Crippen LogP contribution is 2.01. The molecule has 0 amide bonds. The molecule has 0 radical (unpaired) electrons. The number of hydrogen-bond acceptors (Lipinski definition) is 4. The van der Waals surface area contributed by atoms with Crippen LogP contribution in [0, 0.1) is 0 Å². The van der Waals surface area contributed by atoms with Crippen LogP contribution in [0.5, 0.6) is 0 Å². The lowest BCUT2D eigenvalue weighted by Gasteiger charge is -2.06. The first-order valence-electron chi connectivity index (χ1n) is 5.83. The Morgan fingerprint density at radius 1 is 1.12 bits per heavy atom. The number of unbranched alkanes of at least 4 members (excludes halogenated alkanes) is 3. The summed E-state index contributed by atoms with van der Waals surface area (Å²) in [6.07, 6.45) is 3.82. The Morgan fingerprint density at radius 3 is 2.19 bits per heavy atom. The van der Waals surface area contributed by atoms with E-state index in [2.05, 4.69) is 6.58 Å². The Balaban J connectivity index is 2.96. The van der Waals surface area contributed by atoms with E-state index in [9.17, 15) is 0 Å². The number of rotatable bonds is 11. The standard InChI is InChI=1S/C12H24O4/c1-11(13)9-15-7-5-3-4-6-8-16-10-12(2)14/h12-14H,1,3-10H2,2H3. The van der Waals surface area contributed by atoms with Crippen molar-refractivity contribution in [2.24, 2.45) is 0 Å². The minimum absolute atomic E-state index is 0.0755. The summed E-state index contributed by atoms with van der Waals surface area (Å²) in [7, 11) is 0. The van der Waals surface area contributed by atoms with Crippen LogP contribution < -0.4 is 0 Å². The van der Waals surface area contributed by atoms with Crippen LogP contribution in [0.25, 0.3) is 0 Å². The van der Waals surface area contributed by atoms with Gasteiger partial charge in [0.05, 0.1) is 12.7 Å². The molecule has 96 valence electrons. The van der Waals surface area contributed by atoms with E-state index in [1.807, 2.05) is 0 Å². The van der Waals surface area contributed by atoms with Crippen LogP contribution in [0.1, 0.15) is 32.6 Å². The van der Waals surface area contributed by atoms with Crippen LogP contribution in [-0.2, 0) is 9.47 Å². The van der Waals surface area contributed by atoms with E-state index in [-0.39, 0.29) is 18.5 Å². The highest BCUT2D eigenvalue weighted by atomic mass is 16.5. The molecule has 0 aromatic heterocycles. The fourth-order valence-corrected chi connectivity index (χ4v) is 1.21. The molecule has 0 aliphatic heterocycles. The molecule has 0 rings (SSSR count). The van der Waals surface area contributed by atoms with Gasteiger partial charge in [-0.1, -0.05) is 19.4 Å². The highest BCUT2D eigenvalue weighted by Gasteiger charge is 1.95. The second-order valence-corrected chi connectivity index (χ2v) is 3.96. The van der Waals surface area contributed by atoms with E-state index in [1.54, 1.807) is 6.92 Å². The van der Waals surface area contributed by atoms with Gasteiger partial charge in [-0.15, -0.1) is 0 Å². The molecular formula is C12H24O4. The number of aliphatic hydroxyl groups is 2. The smallest absolute Gasteiger partial charge is 0.111 e. The molecule has 0 aliphatic rings. The minimum Gasteiger partial charge on any atom is -0.510 e. The molecule has 4 nitrogen and oxygen atoms in total. The molecule has 0 saturated heterocycles. The molecule has 0 fully saturated rings. The van der Waals surface area contributed by atoms with Crippen molar-refractivity contribution >= 4 is 0 Å². The van der Waals surface area contributed by atoms with Crippen molar-refractivity contribution in [2.75, 3.05) is 26.4 Å². The first-order valence-corrected chi connectivity index (χ1v) is 5.83. The first kappa shape index (κ1) is 15.4. The molecule has 2 N–H and O–H groups in total. The van der Waals surface area contributed by atoms with E-state index < -0.39 is 0 Å². The SMILES string of the molecule is C=C(O)COCCCCCCOCC(C)O. The molecule has 0 aromatic carbocycles. The largest absolute Gasteiger partial charge is 0.510 e. The van der Waals surface area contributed by atoms with Crippen LogP contribution in [-0.4, -0.2) is 42.7 Å². The van der Waals surface area contributed by atoms with Crippen LogP contribution in [0.15, 0.2) is 12.3 Å². The van der Waals surface area contributed by atoms with Gasteiger partial charge in [-0.25, -0.2) is 0 Å². The van der Waals surface area contributed by atoms with Crippen molar-refractivity contribution in [1.29, 1.82) is 0 Å². The minimum atomic E-state index is -0.375. The maximum Gasteiger partial charge on any atom is 0.111 e. The zero-order valence-corrected chi connectivity index (χ0v) is 10.2. The van der Waals surface area contributed by atoms with Gasteiger partial charge >= 0.3 is 0 Å². The van der Waals surface area contributed by atoms with Gasteiger partial charge in [0.1, 0.15) is 12.4 Å². The van der Waals surface area contributed by atoms with E-state index in [0.717, 1.165) is 25.7 Å². The predicted molar refractivity (Wildman–Crippen MR) is 63.6 cm³/mol. The van der Waals surface area contributed by atoms with Crippen LogP contribution >= 0.6 is 0 Å². The van der Waals surface area contributed by atoms with Crippen LogP contribution in [0.2, 0.25) is 0 Å². The topological polar surface area (TPSA) is 58.9 Å². The molecule has 1 atom stereocenters. The van der Waals surface area contributed by atoms with Gasteiger partial charge in [-0.2, -0.15) is 0 Å². The number of ether oxygens (including phenoxy) is 2. The summed E-state index contributed by atoms with van der Waals surface area (Å²) in [4.78, 5) is 0. The molecule has 0 bridgehead atoms. The summed E-state index contributed by atoms with van der Waals surface area (Å²) in [5.41, 5.74) is 0. The van der Waals surface area contributed by atoms with Gasteiger partial charge in [-0.05, 0) is 19.8 Å². The Kier molecular flexibility index (Phi) is 10.5. The van der Waals surface area contributed by atoms with E-state index in [4.69, 9.17) is 19.7 Å². The Bertz CT molecular complexity index is 168. The zero-order chi connectivity index (χ0) is 12.2. The lowest BCUT2D eigenvalue weighted by atomic mass is 10.2. The lowest BCUT2D eigenvalue weighted by molar-refractivity contribution is 0.0442. The molecule has 0 heterocycles. The average Bonchev–Trinajstić information content (AvgIpc) is 2.20. The van der Waals surface area contributed by atoms with Gasteiger partial charge in [0, 0.05) is 13.2 Å². The molecule has 0 spiro atoms. The summed E-state index contributed by atoms with van der Waals surface area (Å²) in [6, 6.07) is 0. The fraction of sp³-hybridized carbons (Fsp3) is 0.833. The lowest BCUT2D eigenvalue weighted by Crippen LogP contribution is -2.10. The van der Waals surface area contributed by atoms with Crippen LogP contribution in [0.4, 0.5) is 0 Å². The zero-order valence-electron chi connectivity index (χ0n) is 10.2. The molecule has 16 heavy (non-hydrogen) atoms. The van der Waals surface area contributed by atoms with E-state index in [1.165, 1.54) is 0 Å². The average molecular weight is 232 g/mol. The van der Waals surface area contributed by atoms with Gasteiger partial charge in [-0.3, -0.25) is 0 Å². The van der Waals surface area contributed by atoms with Crippen molar-refractivity contribution < 1.29 is 19.7 Å². The first-order chi connectivity index (χ1) is 7.63. The van der Waals surface area contributed by atoms with E-state index >= 15 is 0 Å². The quantitative estimate of drug-likeness (QED) is 0.423. The van der Waals surface area contributed by atoms with Gasteiger partial charge in [0.25, 0.3) is 0 Å². The summed E-state index contributed by atoms with van der Waals surface area (Å²) in [6.45, 7) is 7.07. The third-order valence-electron chi connectivity index (χ3n) is 1.96. The second-order valence-electron chi connectivity index (χ2n) is 3.96. The molecule has 1 unspecified atom stereocenters. The highest BCUT2D eigenvalue weighted by molar-refractivity contribution is 4.77. The molecule has 0 saturated carbocycles. The van der Waals surface area contributed by atoms with Gasteiger partial charge in [0.15, 0.2) is 0 Å². The van der Waals surface area contributed by atoms with Crippen molar-refractivity contribution in [3.63, 3.8) is 0 Å². The monoisotopic (exact) mass is 232 g/mol. The number of hydrogen-bond donors (Lipinski definition) is 2. The maximum absolute atomic E-state index is 8.93. The normalized spacial score (nSPS) is 12.6. The summed E-state index contributed by atoms with van der Waals surface area (Å²) in [5, 5.41) is 17.7. The predicted octanol–water partition coefficient (Wildman–Crippen LogP) is 2.03. The van der Waals surface area contributed by atoms with Crippen molar-refractivity contribution in [2.45, 2.75) is 38.7 Å². The van der Waals surface area contributed by atoms with Crippen LogP contribution in [0.3, 0.4) is 0 Å². The summed E-state index contributed by atoms with van der Waals surface area (Å²) >= 11 is 0. The Labute approximate surface area is 97.9 Å². The summed E-state index contributed by atoms with van der Waals surface area (Å²) < 4.78 is 10.4.